The van der Waals surface area contributed by atoms with Crippen LogP contribution in [0, 0.1) is 17.8 Å². The maximum atomic E-state index is 5.74. The minimum Gasteiger partial charge on any atom is -0.328 e. The fourth-order valence-corrected chi connectivity index (χ4v) is 3.40. The Morgan fingerprint density at radius 2 is 1.93 bits per heavy atom. The molecule has 0 bridgehead atoms. The molecule has 0 heterocycles. The topological polar surface area (TPSA) is 9.23 Å². The summed E-state index contributed by atoms with van der Waals surface area (Å²) in [5.74, 6) is 2.04. The van der Waals surface area contributed by atoms with Crippen LogP contribution in [0.15, 0.2) is 0 Å². The van der Waals surface area contributed by atoms with Crippen molar-refractivity contribution < 1.29 is 4.52 Å². The number of halogens is 2. The van der Waals surface area contributed by atoms with E-state index in [1.165, 1.54) is 12.8 Å². The van der Waals surface area contributed by atoms with Crippen molar-refractivity contribution in [1.82, 2.24) is 0 Å². The van der Waals surface area contributed by atoms with Gasteiger partial charge in [-0.3, -0.25) is 0 Å². The minimum atomic E-state index is -1.25. The molecule has 0 aromatic rings. The normalized spacial score (nSPS) is 34.1. The lowest BCUT2D eigenvalue weighted by Crippen LogP contribution is -2.32. The van der Waals surface area contributed by atoms with Crippen LogP contribution in [0.2, 0.25) is 0 Å². The van der Waals surface area contributed by atoms with Crippen molar-refractivity contribution in [2.45, 2.75) is 46.1 Å². The average molecular weight is 257 g/mol. The molecule has 0 aromatic heterocycles. The van der Waals surface area contributed by atoms with Gasteiger partial charge in [0, 0.05) is 0 Å². The van der Waals surface area contributed by atoms with Crippen molar-refractivity contribution in [2.24, 2.45) is 17.8 Å². The summed E-state index contributed by atoms with van der Waals surface area (Å²) in [5.41, 5.74) is 0. The first-order valence-corrected chi connectivity index (χ1v) is 8.36. The maximum Gasteiger partial charge on any atom is 0.225 e. The van der Waals surface area contributed by atoms with Gasteiger partial charge in [-0.2, -0.15) is 0 Å². The zero-order chi connectivity index (χ0) is 10.7. The third-order valence-corrected chi connectivity index (χ3v) is 4.08. The van der Waals surface area contributed by atoms with Gasteiger partial charge in [-0.15, -0.1) is 0 Å². The van der Waals surface area contributed by atoms with E-state index in [2.05, 4.69) is 20.8 Å². The summed E-state index contributed by atoms with van der Waals surface area (Å²) < 4.78 is 5.63. The number of rotatable bonds is 3. The van der Waals surface area contributed by atoms with Gasteiger partial charge in [-0.25, -0.2) is 0 Å². The van der Waals surface area contributed by atoms with Gasteiger partial charge >= 0.3 is 0 Å². The van der Waals surface area contributed by atoms with Crippen LogP contribution in [-0.2, 0) is 4.52 Å². The lowest BCUT2D eigenvalue weighted by Gasteiger charge is -2.37. The predicted molar refractivity (Wildman–Crippen MR) is 64.8 cm³/mol. The molecule has 1 aliphatic rings. The van der Waals surface area contributed by atoms with E-state index in [4.69, 9.17) is 27.0 Å². The Balaban J connectivity index is 2.54. The molecule has 1 rings (SSSR count). The van der Waals surface area contributed by atoms with Crippen LogP contribution in [-0.4, -0.2) is 6.10 Å². The second-order valence-corrected chi connectivity index (χ2v) is 7.65. The van der Waals surface area contributed by atoms with E-state index < -0.39 is 6.85 Å². The fraction of sp³-hybridized carbons (Fsp3) is 1.00. The summed E-state index contributed by atoms with van der Waals surface area (Å²) in [5, 5.41) is 0. The summed E-state index contributed by atoms with van der Waals surface area (Å²) >= 11 is 11.5. The standard InChI is InChI=1S/C10H19Cl2OP/c1-7(2)9-5-4-8(3)6-10(9)13-14(11)12/h7-10H,4-6H2,1-3H3/t8-,9-,10+/m1/s1. The van der Waals surface area contributed by atoms with Crippen LogP contribution in [0.3, 0.4) is 0 Å². The van der Waals surface area contributed by atoms with Crippen molar-refractivity contribution in [3.8, 4) is 0 Å². The van der Waals surface area contributed by atoms with E-state index in [0.717, 1.165) is 12.3 Å². The number of hydrogen-bond donors (Lipinski definition) is 0. The summed E-state index contributed by atoms with van der Waals surface area (Å²) in [6.07, 6.45) is 3.95. The highest BCUT2D eigenvalue weighted by Gasteiger charge is 2.32. The van der Waals surface area contributed by atoms with Crippen LogP contribution in [0.4, 0.5) is 0 Å². The average Bonchev–Trinajstić information content (AvgIpc) is 2.01. The van der Waals surface area contributed by atoms with E-state index in [1.807, 2.05) is 0 Å². The summed E-state index contributed by atoms with van der Waals surface area (Å²) in [7, 11) is 0. The molecule has 0 N–H and O–H groups in total. The van der Waals surface area contributed by atoms with Crippen LogP contribution >= 0.6 is 29.3 Å². The molecule has 0 amide bonds. The third-order valence-electron chi connectivity index (χ3n) is 3.18. The Morgan fingerprint density at radius 3 is 2.43 bits per heavy atom. The quantitative estimate of drug-likeness (QED) is 0.634. The summed E-state index contributed by atoms with van der Waals surface area (Å²) in [6.45, 7) is 5.53. The second-order valence-electron chi connectivity index (χ2n) is 4.67. The largest absolute Gasteiger partial charge is 0.328 e. The predicted octanol–water partition coefficient (Wildman–Crippen LogP) is 5.17. The molecule has 1 fully saturated rings. The van der Waals surface area contributed by atoms with Crippen molar-refractivity contribution in [2.75, 3.05) is 0 Å². The zero-order valence-electron chi connectivity index (χ0n) is 9.04. The van der Waals surface area contributed by atoms with Crippen molar-refractivity contribution in [3.05, 3.63) is 0 Å². The van der Waals surface area contributed by atoms with Crippen LogP contribution in [0.5, 0.6) is 0 Å². The lowest BCUT2D eigenvalue weighted by atomic mass is 9.75. The van der Waals surface area contributed by atoms with Gasteiger partial charge in [0.2, 0.25) is 6.85 Å². The van der Waals surface area contributed by atoms with E-state index in [9.17, 15) is 0 Å². The molecule has 0 saturated heterocycles. The Morgan fingerprint density at radius 1 is 1.29 bits per heavy atom. The van der Waals surface area contributed by atoms with Crippen LogP contribution in [0.25, 0.3) is 0 Å². The zero-order valence-corrected chi connectivity index (χ0v) is 11.4. The highest BCUT2D eigenvalue weighted by Crippen LogP contribution is 2.52. The molecular formula is C10H19Cl2OP. The molecule has 4 heteroatoms. The molecule has 1 saturated carbocycles. The fourth-order valence-electron chi connectivity index (χ4n) is 2.34. The number of hydrogen-bond acceptors (Lipinski definition) is 1. The van der Waals surface area contributed by atoms with Gasteiger partial charge in [0.25, 0.3) is 0 Å². The Hall–Kier alpha value is 0.970. The Bertz CT molecular complexity index is 174. The van der Waals surface area contributed by atoms with Gasteiger partial charge in [0.15, 0.2) is 0 Å². The molecular weight excluding hydrogens is 238 g/mol. The monoisotopic (exact) mass is 256 g/mol. The first-order chi connectivity index (χ1) is 6.50. The summed E-state index contributed by atoms with van der Waals surface area (Å²) in [4.78, 5) is 0. The summed E-state index contributed by atoms with van der Waals surface area (Å²) in [6, 6.07) is 0. The molecule has 1 nitrogen and oxygen atoms in total. The molecule has 84 valence electrons. The Labute approximate surface area is 97.9 Å². The van der Waals surface area contributed by atoms with E-state index in [-0.39, 0.29) is 6.10 Å². The highest BCUT2D eigenvalue weighted by molar-refractivity contribution is 8.00. The smallest absolute Gasteiger partial charge is 0.225 e. The van der Waals surface area contributed by atoms with Gasteiger partial charge < -0.3 is 4.52 Å². The van der Waals surface area contributed by atoms with Crippen molar-refractivity contribution in [1.29, 1.82) is 0 Å². The molecule has 14 heavy (non-hydrogen) atoms. The van der Waals surface area contributed by atoms with E-state index >= 15 is 0 Å². The van der Waals surface area contributed by atoms with Crippen LogP contribution < -0.4 is 0 Å². The first-order valence-electron chi connectivity index (χ1n) is 5.29. The highest BCUT2D eigenvalue weighted by atomic mass is 35.9. The van der Waals surface area contributed by atoms with Gasteiger partial charge in [0.1, 0.15) is 0 Å². The maximum absolute atomic E-state index is 5.74. The molecule has 0 unspecified atom stereocenters. The van der Waals surface area contributed by atoms with Crippen LogP contribution in [0.1, 0.15) is 40.0 Å². The van der Waals surface area contributed by atoms with Gasteiger partial charge in [-0.05, 0) is 53.1 Å². The molecule has 1 aliphatic carbocycles. The second kappa shape index (κ2) is 5.89. The van der Waals surface area contributed by atoms with Crippen molar-refractivity contribution in [3.63, 3.8) is 0 Å². The van der Waals surface area contributed by atoms with E-state index in [0.29, 0.717) is 11.8 Å². The van der Waals surface area contributed by atoms with Gasteiger partial charge in [0.05, 0.1) is 6.10 Å². The first kappa shape index (κ1) is 13.0. The molecule has 0 radical (unpaired) electrons. The third kappa shape index (κ3) is 3.85. The minimum absolute atomic E-state index is 0.278. The molecule has 3 atom stereocenters. The van der Waals surface area contributed by atoms with Crippen molar-refractivity contribution >= 4 is 29.3 Å². The Kier molecular flexibility index (Phi) is 5.49. The lowest BCUT2D eigenvalue weighted by molar-refractivity contribution is 0.0590. The SMILES string of the molecule is CC(C)[C@H]1CC[C@@H](C)C[C@@H]1OP(Cl)Cl. The molecule has 0 aliphatic heterocycles. The molecule has 0 aromatic carbocycles. The molecule has 0 spiro atoms. The van der Waals surface area contributed by atoms with E-state index in [1.54, 1.807) is 0 Å². The van der Waals surface area contributed by atoms with Gasteiger partial charge in [-0.1, -0.05) is 27.2 Å².